The summed E-state index contributed by atoms with van der Waals surface area (Å²) >= 11 is 0. The molecule has 1 saturated carbocycles. The minimum Gasteiger partial charge on any atom is -0.378 e. The van der Waals surface area contributed by atoms with E-state index < -0.39 is 0 Å². The van der Waals surface area contributed by atoms with Gasteiger partial charge in [-0.05, 0) is 19.8 Å². The summed E-state index contributed by atoms with van der Waals surface area (Å²) in [5, 5.41) is 9.50. The SMILES string of the molecule is CCOC1CC(NC(=O)c2n[nH]c(CC)n2)C1. The number of aromatic nitrogens is 3. The monoisotopic (exact) mass is 238 g/mol. The first-order chi connectivity index (χ1) is 8.22. The van der Waals surface area contributed by atoms with E-state index in [1.54, 1.807) is 0 Å². The van der Waals surface area contributed by atoms with Crippen molar-refractivity contribution in [2.75, 3.05) is 6.61 Å². The summed E-state index contributed by atoms with van der Waals surface area (Å²) in [6, 6.07) is 0.197. The van der Waals surface area contributed by atoms with Gasteiger partial charge in [0.25, 0.3) is 5.91 Å². The Bertz CT molecular complexity index is 385. The number of aromatic amines is 1. The molecule has 1 amide bonds. The van der Waals surface area contributed by atoms with Crippen LogP contribution < -0.4 is 5.32 Å². The summed E-state index contributed by atoms with van der Waals surface area (Å²) < 4.78 is 5.43. The maximum atomic E-state index is 11.7. The van der Waals surface area contributed by atoms with Crippen LogP contribution in [0.1, 0.15) is 43.1 Å². The quantitative estimate of drug-likeness (QED) is 0.790. The summed E-state index contributed by atoms with van der Waals surface area (Å²) in [6.45, 7) is 4.67. The van der Waals surface area contributed by atoms with Crippen LogP contribution in [0.25, 0.3) is 0 Å². The van der Waals surface area contributed by atoms with Crippen LogP contribution in [0, 0.1) is 0 Å². The van der Waals surface area contributed by atoms with Gasteiger partial charge >= 0.3 is 0 Å². The van der Waals surface area contributed by atoms with Crippen LogP contribution in [0.15, 0.2) is 0 Å². The Morgan fingerprint density at radius 1 is 1.53 bits per heavy atom. The van der Waals surface area contributed by atoms with Gasteiger partial charge in [-0.15, -0.1) is 5.10 Å². The summed E-state index contributed by atoms with van der Waals surface area (Å²) in [7, 11) is 0. The molecular formula is C11H18N4O2. The second-order valence-corrected chi connectivity index (χ2v) is 4.18. The van der Waals surface area contributed by atoms with Crippen molar-refractivity contribution < 1.29 is 9.53 Å². The van der Waals surface area contributed by atoms with E-state index in [0.29, 0.717) is 6.10 Å². The van der Waals surface area contributed by atoms with Gasteiger partial charge in [-0.1, -0.05) is 6.92 Å². The Balaban J connectivity index is 1.78. The summed E-state index contributed by atoms with van der Waals surface area (Å²) in [5.41, 5.74) is 0. The van der Waals surface area contributed by atoms with E-state index in [4.69, 9.17) is 4.74 Å². The molecule has 6 nitrogen and oxygen atoms in total. The van der Waals surface area contributed by atoms with Gasteiger partial charge in [0.05, 0.1) is 6.10 Å². The first-order valence-corrected chi connectivity index (χ1v) is 6.06. The van der Waals surface area contributed by atoms with Crippen LogP contribution in [0.5, 0.6) is 0 Å². The molecule has 2 rings (SSSR count). The topological polar surface area (TPSA) is 79.9 Å². The molecule has 0 aromatic carbocycles. The Labute approximate surface area is 100 Å². The molecule has 0 aliphatic heterocycles. The van der Waals surface area contributed by atoms with Crippen LogP contribution >= 0.6 is 0 Å². The fourth-order valence-corrected chi connectivity index (χ4v) is 1.86. The molecule has 1 aliphatic rings. The van der Waals surface area contributed by atoms with E-state index in [-0.39, 0.29) is 17.8 Å². The Morgan fingerprint density at radius 3 is 2.88 bits per heavy atom. The molecule has 0 bridgehead atoms. The maximum Gasteiger partial charge on any atom is 0.291 e. The van der Waals surface area contributed by atoms with Gasteiger partial charge in [0.1, 0.15) is 5.82 Å². The minimum absolute atomic E-state index is 0.197. The van der Waals surface area contributed by atoms with Crippen molar-refractivity contribution in [3.05, 3.63) is 11.6 Å². The van der Waals surface area contributed by atoms with Gasteiger partial charge in [0, 0.05) is 19.1 Å². The zero-order valence-electron chi connectivity index (χ0n) is 10.2. The van der Waals surface area contributed by atoms with E-state index in [0.717, 1.165) is 31.7 Å². The standard InChI is InChI=1S/C11H18N4O2/c1-3-9-13-10(15-14-9)11(16)12-7-5-8(6-7)17-4-2/h7-8H,3-6H2,1-2H3,(H,12,16)(H,13,14,15). The van der Waals surface area contributed by atoms with Crippen LogP contribution in [0.3, 0.4) is 0 Å². The molecule has 0 saturated heterocycles. The zero-order valence-corrected chi connectivity index (χ0v) is 10.2. The number of carbonyl (C=O) groups is 1. The molecule has 0 radical (unpaired) electrons. The molecular weight excluding hydrogens is 220 g/mol. The van der Waals surface area contributed by atoms with Gasteiger partial charge in [-0.3, -0.25) is 9.89 Å². The predicted octanol–water partition coefficient (Wildman–Crippen LogP) is 0.664. The molecule has 0 unspecified atom stereocenters. The third-order valence-corrected chi connectivity index (χ3v) is 2.90. The van der Waals surface area contributed by atoms with E-state index in [9.17, 15) is 4.79 Å². The van der Waals surface area contributed by atoms with Crippen molar-refractivity contribution in [2.24, 2.45) is 0 Å². The average molecular weight is 238 g/mol. The molecule has 1 aromatic heterocycles. The third-order valence-electron chi connectivity index (χ3n) is 2.90. The number of aryl methyl sites for hydroxylation is 1. The minimum atomic E-state index is -0.208. The first kappa shape index (κ1) is 12.0. The van der Waals surface area contributed by atoms with Crippen molar-refractivity contribution in [1.82, 2.24) is 20.5 Å². The molecule has 0 spiro atoms. The Morgan fingerprint density at radius 2 is 2.29 bits per heavy atom. The number of nitrogens with one attached hydrogen (secondary N) is 2. The molecule has 6 heteroatoms. The average Bonchev–Trinajstić information content (AvgIpc) is 2.74. The summed E-state index contributed by atoms with van der Waals surface area (Å²) in [6.07, 6.45) is 2.80. The molecule has 1 aromatic rings. The van der Waals surface area contributed by atoms with Crippen molar-refractivity contribution >= 4 is 5.91 Å². The van der Waals surface area contributed by atoms with Crippen molar-refractivity contribution in [2.45, 2.75) is 45.3 Å². The first-order valence-electron chi connectivity index (χ1n) is 6.06. The number of hydrogen-bond acceptors (Lipinski definition) is 4. The molecule has 1 fully saturated rings. The number of nitrogens with zero attached hydrogens (tertiary/aromatic N) is 2. The van der Waals surface area contributed by atoms with E-state index in [1.165, 1.54) is 0 Å². The van der Waals surface area contributed by atoms with E-state index in [2.05, 4.69) is 20.5 Å². The van der Waals surface area contributed by atoms with Gasteiger partial charge in [-0.2, -0.15) is 0 Å². The maximum absolute atomic E-state index is 11.7. The van der Waals surface area contributed by atoms with Gasteiger partial charge < -0.3 is 10.1 Å². The number of rotatable bonds is 5. The molecule has 94 valence electrons. The second-order valence-electron chi connectivity index (χ2n) is 4.18. The molecule has 1 heterocycles. The highest BCUT2D eigenvalue weighted by molar-refractivity contribution is 5.90. The Kier molecular flexibility index (Phi) is 3.73. The fraction of sp³-hybridized carbons (Fsp3) is 0.727. The lowest BCUT2D eigenvalue weighted by atomic mass is 9.89. The van der Waals surface area contributed by atoms with Crippen LogP contribution in [-0.2, 0) is 11.2 Å². The van der Waals surface area contributed by atoms with E-state index >= 15 is 0 Å². The zero-order chi connectivity index (χ0) is 12.3. The van der Waals surface area contributed by atoms with Crippen molar-refractivity contribution in [1.29, 1.82) is 0 Å². The van der Waals surface area contributed by atoms with Crippen molar-refractivity contribution in [3.8, 4) is 0 Å². The number of hydrogen-bond donors (Lipinski definition) is 2. The van der Waals surface area contributed by atoms with Crippen LogP contribution in [0.2, 0.25) is 0 Å². The largest absolute Gasteiger partial charge is 0.378 e. The Hall–Kier alpha value is -1.43. The predicted molar refractivity (Wildman–Crippen MR) is 61.7 cm³/mol. The lowest BCUT2D eigenvalue weighted by Gasteiger charge is -2.34. The smallest absolute Gasteiger partial charge is 0.291 e. The summed E-state index contributed by atoms with van der Waals surface area (Å²) in [4.78, 5) is 15.8. The van der Waals surface area contributed by atoms with Crippen LogP contribution in [-0.4, -0.2) is 39.8 Å². The van der Waals surface area contributed by atoms with Gasteiger partial charge in [0.15, 0.2) is 0 Å². The highest BCUT2D eigenvalue weighted by Crippen LogP contribution is 2.23. The highest BCUT2D eigenvalue weighted by Gasteiger charge is 2.31. The molecule has 17 heavy (non-hydrogen) atoms. The normalized spacial score (nSPS) is 23.2. The van der Waals surface area contributed by atoms with Gasteiger partial charge in [-0.25, -0.2) is 4.98 Å². The fourth-order valence-electron chi connectivity index (χ4n) is 1.86. The number of H-pyrrole nitrogens is 1. The van der Waals surface area contributed by atoms with Crippen LogP contribution in [0.4, 0.5) is 0 Å². The second kappa shape index (κ2) is 5.27. The molecule has 2 N–H and O–H groups in total. The highest BCUT2D eigenvalue weighted by atomic mass is 16.5. The lowest BCUT2D eigenvalue weighted by molar-refractivity contribution is -0.00871. The molecule has 1 aliphatic carbocycles. The van der Waals surface area contributed by atoms with E-state index in [1.807, 2.05) is 13.8 Å². The molecule has 0 atom stereocenters. The van der Waals surface area contributed by atoms with Gasteiger partial charge in [0.2, 0.25) is 5.82 Å². The summed E-state index contributed by atoms with van der Waals surface area (Å²) in [5.74, 6) is 0.749. The third kappa shape index (κ3) is 2.82. The number of carbonyl (C=O) groups excluding carboxylic acids is 1. The lowest BCUT2D eigenvalue weighted by Crippen LogP contribution is -2.48. The number of ether oxygens (including phenoxy) is 1. The number of amides is 1. The van der Waals surface area contributed by atoms with Crippen molar-refractivity contribution in [3.63, 3.8) is 0 Å².